The molecule has 2 aromatic rings. The average molecular weight is 286 g/mol. The SMILES string of the molecule is CC1NCCCC1Nc1ccc([N+](=O)[O-])c2ccncc12. The number of fused-ring (bicyclic) bond motifs is 1. The van der Waals surface area contributed by atoms with Gasteiger partial charge >= 0.3 is 0 Å². The van der Waals surface area contributed by atoms with E-state index in [0.717, 1.165) is 30.5 Å². The Hall–Kier alpha value is -2.21. The van der Waals surface area contributed by atoms with E-state index in [4.69, 9.17) is 0 Å². The maximum atomic E-state index is 11.1. The van der Waals surface area contributed by atoms with Crippen LogP contribution in [0.1, 0.15) is 19.8 Å². The number of rotatable bonds is 3. The monoisotopic (exact) mass is 286 g/mol. The highest BCUT2D eigenvalue weighted by Crippen LogP contribution is 2.31. The zero-order valence-corrected chi connectivity index (χ0v) is 11.9. The molecule has 1 aliphatic rings. The number of hydrogen-bond donors (Lipinski definition) is 2. The van der Waals surface area contributed by atoms with Gasteiger partial charge in [0, 0.05) is 41.6 Å². The predicted octanol–water partition coefficient (Wildman–Crippen LogP) is 2.70. The van der Waals surface area contributed by atoms with Crippen LogP contribution in [0.5, 0.6) is 0 Å². The van der Waals surface area contributed by atoms with Crippen LogP contribution in [0.3, 0.4) is 0 Å². The molecule has 0 saturated carbocycles. The largest absolute Gasteiger partial charge is 0.380 e. The van der Waals surface area contributed by atoms with Gasteiger partial charge in [0.05, 0.1) is 10.3 Å². The fourth-order valence-electron chi connectivity index (χ4n) is 2.90. The Labute approximate surface area is 122 Å². The van der Waals surface area contributed by atoms with Gasteiger partial charge in [-0.2, -0.15) is 0 Å². The molecular weight excluding hydrogens is 268 g/mol. The standard InChI is InChI=1S/C15H18N4O2/c1-10-13(3-2-7-17-10)18-14-4-5-15(19(20)21)11-6-8-16-9-12(11)14/h4-6,8-10,13,17-18H,2-3,7H2,1H3. The first kappa shape index (κ1) is 13.8. The highest BCUT2D eigenvalue weighted by molar-refractivity contribution is 5.99. The first-order chi connectivity index (χ1) is 10.2. The molecule has 2 N–H and O–H groups in total. The van der Waals surface area contributed by atoms with Gasteiger partial charge in [-0.25, -0.2) is 0 Å². The molecule has 21 heavy (non-hydrogen) atoms. The molecule has 3 rings (SSSR count). The normalized spacial score (nSPS) is 22.1. The average Bonchev–Trinajstić information content (AvgIpc) is 2.49. The lowest BCUT2D eigenvalue weighted by Crippen LogP contribution is -2.46. The van der Waals surface area contributed by atoms with Gasteiger partial charge in [0.15, 0.2) is 0 Å². The van der Waals surface area contributed by atoms with E-state index in [2.05, 4.69) is 22.5 Å². The van der Waals surface area contributed by atoms with Gasteiger partial charge < -0.3 is 10.6 Å². The van der Waals surface area contributed by atoms with Crippen molar-refractivity contribution in [1.82, 2.24) is 10.3 Å². The minimum atomic E-state index is -0.350. The molecule has 1 aromatic carbocycles. The molecule has 0 radical (unpaired) electrons. The minimum absolute atomic E-state index is 0.118. The number of nitrogens with zero attached hydrogens (tertiary/aromatic N) is 2. The van der Waals surface area contributed by atoms with Crippen LogP contribution in [-0.2, 0) is 0 Å². The Balaban J connectivity index is 1.99. The van der Waals surface area contributed by atoms with Gasteiger partial charge in [0.1, 0.15) is 0 Å². The molecule has 1 aliphatic heterocycles. The molecule has 0 bridgehead atoms. The Morgan fingerprint density at radius 1 is 1.38 bits per heavy atom. The van der Waals surface area contributed by atoms with Crippen LogP contribution >= 0.6 is 0 Å². The lowest BCUT2D eigenvalue weighted by molar-refractivity contribution is -0.383. The van der Waals surface area contributed by atoms with Crippen LogP contribution < -0.4 is 10.6 Å². The molecule has 2 heterocycles. The summed E-state index contributed by atoms with van der Waals surface area (Å²) in [4.78, 5) is 14.9. The smallest absolute Gasteiger partial charge is 0.277 e. The molecule has 0 spiro atoms. The van der Waals surface area contributed by atoms with E-state index < -0.39 is 0 Å². The van der Waals surface area contributed by atoms with E-state index in [1.807, 2.05) is 0 Å². The summed E-state index contributed by atoms with van der Waals surface area (Å²) in [6.45, 7) is 3.20. The number of hydrogen-bond acceptors (Lipinski definition) is 5. The Bertz CT molecular complexity index is 674. The molecule has 2 atom stereocenters. The van der Waals surface area contributed by atoms with Crippen LogP contribution in [0.25, 0.3) is 10.8 Å². The number of anilines is 1. The lowest BCUT2D eigenvalue weighted by atomic mass is 9.99. The number of nitro groups is 1. The summed E-state index contributed by atoms with van der Waals surface area (Å²) in [6.07, 6.45) is 5.49. The molecule has 2 unspecified atom stereocenters. The lowest BCUT2D eigenvalue weighted by Gasteiger charge is -2.31. The number of pyridine rings is 1. The zero-order chi connectivity index (χ0) is 14.8. The van der Waals surface area contributed by atoms with Crippen LogP contribution in [-0.4, -0.2) is 28.5 Å². The zero-order valence-electron chi connectivity index (χ0n) is 11.9. The number of piperidine rings is 1. The third-order valence-electron chi connectivity index (χ3n) is 4.09. The minimum Gasteiger partial charge on any atom is -0.380 e. The second-order valence-corrected chi connectivity index (χ2v) is 5.45. The summed E-state index contributed by atoms with van der Waals surface area (Å²) in [5.74, 6) is 0. The van der Waals surface area contributed by atoms with Gasteiger partial charge in [-0.15, -0.1) is 0 Å². The van der Waals surface area contributed by atoms with Crippen molar-refractivity contribution in [3.8, 4) is 0 Å². The molecule has 0 amide bonds. The van der Waals surface area contributed by atoms with Gasteiger partial charge in [0.25, 0.3) is 5.69 Å². The molecule has 1 saturated heterocycles. The van der Waals surface area contributed by atoms with E-state index in [-0.39, 0.29) is 10.6 Å². The van der Waals surface area contributed by atoms with Crippen molar-refractivity contribution in [3.63, 3.8) is 0 Å². The summed E-state index contributed by atoms with van der Waals surface area (Å²) < 4.78 is 0. The van der Waals surface area contributed by atoms with Crippen LogP contribution in [0.15, 0.2) is 30.6 Å². The van der Waals surface area contributed by atoms with Crippen molar-refractivity contribution in [2.45, 2.75) is 31.8 Å². The Morgan fingerprint density at radius 2 is 2.24 bits per heavy atom. The fourth-order valence-corrected chi connectivity index (χ4v) is 2.90. The van der Waals surface area contributed by atoms with Crippen LogP contribution in [0.2, 0.25) is 0 Å². The molecule has 0 aliphatic carbocycles. The van der Waals surface area contributed by atoms with Gasteiger partial charge in [0.2, 0.25) is 0 Å². The summed E-state index contributed by atoms with van der Waals surface area (Å²) in [7, 11) is 0. The summed E-state index contributed by atoms with van der Waals surface area (Å²) in [5, 5.41) is 19.5. The topological polar surface area (TPSA) is 80.1 Å². The molecular formula is C15H18N4O2. The predicted molar refractivity (Wildman–Crippen MR) is 82.5 cm³/mol. The van der Waals surface area contributed by atoms with E-state index in [1.165, 1.54) is 0 Å². The summed E-state index contributed by atoms with van der Waals surface area (Å²) >= 11 is 0. The number of benzene rings is 1. The molecule has 1 aromatic heterocycles. The molecule has 6 nitrogen and oxygen atoms in total. The summed E-state index contributed by atoms with van der Waals surface area (Å²) in [5.41, 5.74) is 1.03. The molecule has 6 heteroatoms. The van der Waals surface area contributed by atoms with Crippen molar-refractivity contribution >= 4 is 22.1 Å². The fraction of sp³-hybridized carbons (Fsp3) is 0.400. The summed E-state index contributed by atoms with van der Waals surface area (Å²) in [6, 6.07) is 5.74. The van der Waals surface area contributed by atoms with Gasteiger partial charge in [-0.3, -0.25) is 15.1 Å². The number of non-ortho nitro benzene ring substituents is 1. The number of nitro benzene ring substituents is 1. The van der Waals surface area contributed by atoms with Crippen molar-refractivity contribution in [1.29, 1.82) is 0 Å². The maximum Gasteiger partial charge on any atom is 0.277 e. The Kier molecular flexibility index (Phi) is 3.70. The van der Waals surface area contributed by atoms with E-state index in [9.17, 15) is 10.1 Å². The first-order valence-electron chi connectivity index (χ1n) is 7.18. The maximum absolute atomic E-state index is 11.1. The number of aromatic nitrogens is 1. The second kappa shape index (κ2) is 5.65. The van der Waals surface area contributed by atoms with Crippen molar-refractivity contribution in [2.24, 2.45) is 0 Å². The van der Waals surface area contributed by atoms with Crippen LogP contribution in [0.4, 0.5) is 11.4 Å². The molecule has 1 fully saturated rings. The van der Waals surface area contributed by atoms with Gasteiger partial charge in [-0.05, 0) is 38.4 Å². The quantitative estimate of drug-likeness (QED) is 0.670. The molecule has 110 valence electrons. The van der Waals surface area contributed by atoms with Gasteiger partial charge in [-0.1, -0.05) is 0 Å². The Morgan fingerprint density at radius 3 is 3.00 bits per heavy atom. The van der Waals surface area contributed by atoms with Crippen molar-refractivity contribution in [3.05, 3.63) is 40.7 Å². The van der Waals surface area contributed by atoms with E-state index in [0.29, 0.717) is 17.5 Å². The van der Waals surface area contributed by atoms with Crippen molar-refractivity contribution < 1.29 is 4.92 Å². The number of nitrogens with one attached hydrogen (secondary N) is 2. The van der Waals surface area contributed by atoms with Crippen molar-refractivity contribution in [2.75, 3.05) is 11.9 Å². The third-order valence-corrected chi connectivity index (χ3v) is 4.09. The highest BCUT2D eigenvalue weighted by atomic mass is 16.6. The first-order valence-corrected chi connectivity index (χ1v) is 7.18. The van der Waals surface area contributed by atoms with Crippen LogP contribution in [0, 0.1) is 10.1 Å². The van der Waals surface area contributed by atoms with E-state index >= 15 is 0 Å². The van der Waals surface area contributed by atoms with E-state index in [1.54, 1.807) is 30.6 Å². The second-order valence-electron chi connectivity index (χ2n) is 5.45. The third kappa shape index (κ3) is 2.67. The highest BCUT2D eigenvalue weighted by Gasteiger charge is 2.22.